The summed E-state index contributed by atoms with van der Waals surface area (Å²) in [5.74, 6) is 1.83. The van der Waals surface area contributed by atoms with Gasteiger partial charge in [0.2, 0.25) is 5.82 Å². The van der Waals surface area contributed by atoms with Gasteiger partial charge in [-0.15, -0.1) is 0 Å². The average molecular weight is 278 g/mol. The number of anilines is 2. The molecule has 0 bridgehead atoms. The van der Waals surface area contributed by atoms with Gasteiger partial charge in [-0.05, 0) is 45.6 Å². The lowest BCUT2D eigenvalue weighted by Gasteiger charge is -2.27. The number of hydrogen-bond donors (Lipinski definition) is 1. The van der Waals surface area contributed by atoms with Crippen LogP contribution in [0.25, 0.3) is 0 Å². The van der Waals surface area contributed by atoms with Crippen molar-refractivity contribution in [2.45, 2.75) is 39.7 Å². The van der Waals surface area contributed by atoms with Crippen molar-refractivity contribution < 1.29 is 4.92 Å². The van der Waals surface area contributed by atoms with E-state index in [4.69, 9.17) is 0 Å². The Hall–Kier alpha value is -1.85. The molecule has 1 saturated carbocycles. The van der Waals surface area contributed by atoms with E-state index in [1.54, 1.807) is 12.1 Å². The van der Waals surface area contributed by atoms with Crippen LogP contribution in [0.1, 0.15) is 33.6 Å². The summed E-state index contributed by atoms with van der Waals surface area (Å²) >= 11 is 0. The third kappa shape index (κ3) is 3.37. The summed E-state index contributed by atoms with van der Waals surface area (Å²) in [7, 11) is 0. The van der Waals surface area contributed by atoms with E-state index in [9.17, 15) is 10.1 Å². The average Bonchev–Trinajstić information content (AvgIpc) is 3.19. The van der Waals surface area contributed by atoms with E-state index in [2.05, 4.69) is 15.2 Å². The van der Waals surface area contributed by atoms with Crippen molar-refractivity contribution in [2.75, 3.05) is 23.3 Å². The Morgan fingerprint density at radius 3 is 2.70 bits per heavy atom. The predicted molar refractivity (Wildman–Crippen MR) is 80.3 cm³/mol. The monoisotopic (exact) mass is 278 g/mol. The van der Waals surface area contributed by atoms with E-state index < -0.39 is 0 Å². The lowest BCUT2D eigenvalue weighted by molar-refractivity contribution is -0.384. The van der Waals surface area contributed by atoms with Crippen molar-refractivity contribution in [3.8, 4) is 0 Å². The van der Waals surface area contributed by atoms with Crippen LogP contribution in [-0.2, 0) is 0 Å². The van der Waals surface area contributed by atoms with E-state index in [1.807, 2.05) is 20.8 Å². The largest absolute Gasteiger partial charge is 0.370 e. The van der Waals surface area contributed by atoms with Gasteiger partial charge in [0.15, 0.2) is 0 Å². The van der Waals surface area contributed by atoms with Crippen LogP contribution >= 0.6 is 0 Å². The minimum absolute atomic E-state index is 0.0843. The van der Waals surface area contributed by atoms with E-state index in [-0.39, 0.29) is 16.7 Å². The summed E-state index contributed by atoms with van der Waals surface area (Å²) < 4.78 is 0. The minimum atomic E-state index is -0.347. The Bertz CT molecular complexity index is 486. The molecule has 1 aromatic heterocycles. The third-order valence-electron chi connectivity index (χ3n) is 3.46. The van der Waals surface area contributed by atoms with Gasteiger partial charge < -0.3 is 10.2 Å². The van der Waals surface area contributed by atoms with Gasteiger partial charge in [0, 0.05) is 25.2 Å². The maximum Gasteiger partial charge on any atom is 0.311 e. The number of aromatic nitrogens is 1. The molecule has 1 heterocycles. The second-order valence-corrected chi connectivity index (χ2v) is 5.52. The first-order valence-electron chi connectivity index (χ1n) is 7.18. The highest BCUT2D eigenvalue weighted by molar-refractivity contribution is 5.62. The molecule has 0 atom stereocenters. The molecule has 110 valence electrons. The first kappa shape index (κ1) is 14.6. The van der Waals surface area contributed by atoms with Crippen molar-refractivity contribution in [3.05, 3.63) is 22.2 Å². The van der Waals surface area contributed by atoms with Gasteiger partial charge in [-0.3, -0.25) is 10.1 Å². The summed E-state index contributed by atoms with van der Waals surface area (Å²) in [5.41, 5.74) is 0.0843. The highest BCUT2D eigenvalue weighted by Gasteiger charge is 2.30. The van der Waals surface area contributed by atoms with Gasteiger partial charge in [-0.2, -0.15) is 0 Å². The van der Waals surface area contributed by atoms with Crippen LogP contribution in [0.3, 0.4) is 0 Å². The predicted octanol–water partition coefficient (Wildman–Crippen LogP) is 3.05. The molecule has 0 saturated heterocycles. The molecule has 1 aliphatic rings. The lowest BCUT2D eigenvalue weighted by Crippen LogP contribution is -2.34. The summed E-state index contributed by atoms with van der Waals surface area (Å²) in [6.45, 7) is 7.67. The third-order valence-corrected chi connectivity index (χ3v) is 3.46. The fourth-order valence-electron chi connectivity index (χ4n) is 2.19. The molecule has 6 heteroatoms. The number of rotatable bonds is 7. The van der Waals surface area contributed by atoms with Gasteiger partial charge >= 0.3 is 5.69 Å². The Balaban J connectivity index is 2.36. The highest BCUT2D eigenvalue weighted by Crippen LogP contribution is 2.35. The molecule has 1 fully saturated rings. The first-order chi connectivity index (χ1) is 9.52. The van der Waals surface area contributed by atoms with Crippen LogP contribution in [0.15, 0.2) is 12.1 Å². The zero-order chi connectivity index (χ0) is 14.7. The number of nitrogens with one attached hydrogen (secondary N) is 1. The minimum Gasteiger partial charge on any atom is -0.370 e. The SMILES string of the molecule is CCNc1ccc([N+](=O)[O-])c(N(CC2CC2)C(C)C)n1. The molecule has 20 heavy (non-hydrogen) atoms. The van der Waals surface area contributed by atoms with Gasteiger partial charge in [0.05, 0.1) is 4.92 Å². The Kier molecular flexibility index (Phi) is 4.42. The number of pyridine rings is 1. The molecule has 0 amide bonds. The second kappa shape index (κ2) is 6.07. The van der Waals surface area contributed by atoms with Crippen LogP contribution in [0, 0.1) is 16.0 Å². The molecule has 1 aromatic rings. The van der Waals surface area contributed by atoms with Gasteiger partial charge in [-0.25, -0.2) is 4.98 Å². The standard InChI is InChI=1S/C14H22N4O2/c1-4-15-13-8-7-12(18(19)20)14(16-13)17(10(2)3)9-11-5-6-11/h7-8,10-11H,4-6,9H2,1-3H3,(H,15,16). The molecule has 0 unspecified atom stereocenters. The zero-order valence-corrected chi connectivity index (χ0v) is 12.3. The molecule has 0 aliphatic heterocycles. The number of hydrogen-bond acceptors (Lipinski definition) is 5. The van der Waals surface area contributed by atoms with Crippen LogP contribution in [-0.4, -0.2) is 29.0 Å². The summed E-state index contributed by atoms with van der Waals surface area (Å²) in [6, 6.07) is 3.40. The molecule has 1 aliphatic carbocycles. The van der Waals surface area contributed by atoms with Crippen LogP contribution < -0.4 is 10.2 Å². The quantitative estimate of drug-likeness (QED) is 0.613. The summed E-state index contributed by atoms with van der Waals surface area (Å²) in [5, 5.41) is 14.4. The van der Waals surface area contributed by atoms with Crippen LogP contribution in [0.4, 0.5) is 17.3 Å². The van der Waals surface area contributed by atoms with Crippen molar-refractivity contribution >= 4 is 17.3 Å². The maximum absolute atomic E-state index is 11.2. The van der Waals surface area contributed by atoms with Gasteiger partial charge in [0.1, 0.15) is 5.82 Å². The fourth-order valence-corrected chi connectivity index (χ4v) is 2.19. The molecule has 0 spiro atoms. The van der Waals surface area contributed by atoms with E-state index in [1.165, 1.54) is 12.8 Å². The van der Waals surface area contributed by atoms with Crippen molar-refractivity contribution in [1.29, 1.82) is 0 Å². The smallest absolute Gasteiger partial charge is 0.311 e. The fraction of sp³-hybridized carbons (Fsp3) is 0.643. The number of nitrogens with zero attached hydrogens (tertiary/aromatic N) is 3. The first-order valence-corrected chi connectivity index (χ1v) is 7.18. The van der Waals surface area contributed by atoms with Gasteiger partial charge in [-0.1, -0.05) is 0 Å². The van der Waals surface area contributed by atoms with Crippen molar-refractivity contribution in [3.63, 3.8) is 0 Å². The Morgan fingerprint density at radius 1 is 1.50 bits per heavy atom. The summed E-state index contributed by atoms with van der Waals surface area (Å²) in [6.07, 6.45) is 2.42. The molecule has 1 N–H and O–H groups in total. The lowest BCUT2D eigenvalue weighted by atomic mass is 10.2. The van der Waals surface area contributed by atoms with Crippen molar-refractivity contribution in [2.24, 2.45) is 5.92 Å². The molecule has 0 aromatic carbocycles. The van der Waals surface area contributed by atoms with Crippen molar-refractivity contribution in [1.82, 2.24) is 4.98 Å². The zero-order valence-electron chi connectivity index (χ0n) is 12.3. The molecule has 0 radical (unpaired) electrons. The normalized spacial score (nSPS) is 14.4. The Labute approximate surface area is 119 Å². The highest BCUT2D eigenvalue weighted by atomic mass is 16.6. The molecular formula is C14H22N4O2. The van der Waals surface area contributed by atoms with Gasteiger partial charge in [0.25, 0.3) is 0 Å². The molecular weight excluding hydrogens is 256 g/mol. The maximum atomic E-state index is 11.2. The van der Waals surface area contributed by atoms with E-state index in [0.29, 0.717) is 17.6 Å². The second-order valence-electron chi connectivity index (χ2n) is 5.52. The van der Waals surface area contributed by atoms with E-state index in [0.717, 1.165) is 13.1 Å². The Morgan fingerprint density at radius 2 is 2.20 bits per heavy atom. The topological polar surface area (TPSA) is 71.3 Å². The molecule has 2 rings (SSSR count). The van der Waals surface area contributed by atoms with Crippen LogP contribution in [0.2, 0.25) is 0 Å². The molecule has 6 nitrogen and oxygen atoms in total. The summed E-state index contributed by atoms with van der Waals surface area (Å²) in [4.78, 5) is 17.4. The van der Waals surface area contributed by atoms with E-state index >= 15 is 0 Å². The van der Waals surface area contributed by atoms with Crippen LogP contribution in [0.5, 0.6) is 0 Å². The number of nitro groups is 1.